The van der Waals surface area contributed by atoms with Crippen molar-refractivity contribution in [3.8, 4) is 5.75 Å². The van der Waals surface area contributed by atoms with Gasteiger partial charge in [0.05, 0.1) is 24.6 Å². The fraction of sp³-hybridized carbons (Fsp3) is 0.200. The molecular weight excluding hydrogens is 485 g/mol. The van der Waals surface area contributed by atoms with Crippen molar-refractivity contribution in [2.24, 2.45) is 7.05 Å². The Kier molecular flexibility index (Phi) is 6.38. The summed E-state index contributed by atoms with van der Waals surface area (Å²) in [5, 5.41) is 20.1. The lowest BCUT2D eigenvalue weighted by Gasteiger charge is -2.12. The second-order valence-corrected chi connectivity index (χ2v) is 8.44. The summed E-state index contributed by atoms with van der Waals surface area (Å²) < 4.78 is 42.2. The lowest BCUT2D eigenvalue weighted by Crippen LogP contribution is -2.10. The highest BCUT2D eigenvalue weighted by molar-refractivity contribution is 5.84. The monoisotopic (exact) mass is 508 g/mol. The molecule has 5 aromatic rings. The normalized spacial score (nSPS) is 11.7. The summed E-state index contributed by atoms with van der Waals surface area (Å²) in [5.41, 5.74) is 2.07. The van der Waals surface area contributed by atoms with Crippen LogP contribution in [0, 0.1) is 0 Å². The number of halogens is 3. The first-order chi connectivity index (χ1) is 17.8. The third kappa shape index (κ3) is 5.47. The van der Waals surface area contributed by atoms with Crippen molar-refractivity contribution >= 4 is 28.7 Å². The number of aryl methyl sites for hydroxylation is 1. The molecule has 3 heterocycles. The van der Waals surface area contributed by atoms with Crippen LogP contribution in [-0.2, 0) is 26.2 Å². The van der Waals surface area contributed by atoms with Crippen molar-refractivity contribution < 1.29 is 18.3 Å². The van der Waals surface area contributed by atoms with Crippen LogP contribution < -0.4 is 10.6 Å². The molecule has 37 heavy (non-hydrogen) atoms. The van der Waals surface area contributed by atoms with E-state index in [4.69, 9.17) is 0 Å². The third-order valence-electron chi connectivity index (χ3n) is 5.80. The number of nitrogens with zero attached hydrogens (tertiary/aromatic N) is 6. The van der Waals surface area contributed by atoms with Crippen molar-refractivity contribution in [3.05, 3.63) is 83.8 Å². The maximum atomic E-state index is 12.9. The van der Waals surface area contributed by atoms with Crippen LogP contribution in [0.25, 0.3) is 11.2 Å². The Morgan fingerprint density at radius 2 is 1.68 bits per heavy atom. The van der Waals surface area contributed by atoms with Gasteiger partial charge in [-0.1, -0.05) is 24.3 Å². The Morgan fingerprint density at radius 3 is 2.35 bits per heavy atom. The van der Waals surface area contributed by atoms with Crippen molar-refractivity contribution in [2.75, 3.05) is 17.2 Å². The number of anilines is 3. The quantitative estimate of drug-likeness (QED) is 0.278. The van der Waals surface area contributed by atoms with Gasteiger partial charge < -0.3 is 20.3 Å². The highest BCUT2D eigenvalue weighted by Crippen LogP contribution is 2.29. The largest absolute Gasteiger partial charge is 0.508 e. The fourth-order valence-electron chi connectivity index (χ4n) is 3.83. The molecule has 9 nitrogen and oxygen atoms in total. The van der Waals surface area contributed by atoms with Crippen LogP contribution in [0.15, 0.2) is 67.1 Å². The first kappa shape index (κ1) is 24.1. The van der Waals surface area contributed by atoms with Gasteiger partial charge in [-0.25, -0.2) is 4.98 Å². The summed E-state index contributed by atoms with van der Waals surface area (Å²) in [4.78, 5) is 13.7. The molecule has 0 fully saturated rings. The number of alkyl halides is 3. The molecule has 0 atom stereocenters. The second-order valence-electron chi connectivity index (χ2n) is 8.44. The van der Waals surface area contributed by atoms with Crippen LogP contribution in [0.4, 0.5) is 30.8 Å². The lowest BCUT2D eigenvalue weighted by atomic mass is 10.1. The number of benzene rings is 2. The van der Waals surface area contributed by atoms with E-state index in [1.165, 1.54) is 12.1 Å². The van der Waals surface area contributed by atoms with Crippen LogP contribution in [0.3, 0.4) is 0 Å². The van der Waals surface area contributed by atoms with Gasteiger partial charge in [0, 0.05) is 19.7 Å². The highest BCUT2D eigenvalue weighted by atomic mass is 19.4. The Hall–Kier alpha value is -4.61. The number of rotatable bonds is 8. The number of aromatic hydroxyl groups is 1. The lowest BCUT2D eigenvalue weighted by molar-refractivity contribution is -0.137. The molecule has 12 heteroatoms. The summed E-state index contributed by atoms with van der Waals surface area (Å²) in [6.07, 6.45) is -0.467. The summed E-state index contributed by atoms with van der Waals surface area (Å²) in [7, 11) is 1.78. The second kappa shape index (κ2) is 9.80. The van der Waals surface area contributed by atoms with Crippen LogP contribution in [-0.4, -0.2) is 41.0 Å². The summed E-state index contributed by atoms with van der Waals surface area (Å²) >= 11 is 0. The molecule has 3 N–H and O–H groups in total. The van der Waals surface area contributed by atoms with Gasteiger partial charge in [0.15, 0.2) is 17.0 Å². The molecule has 0 spiro atoms. The molecule has 0 radical (unpaired) electrons. The van der Waals surface area contributed by atoms with Crippen molar-refractivity contribution in [1.29, 1.82) is 0 Å². The van der Waals surface area contributed by atoms with E-state index < -0.39 is 11.7 Å². The number of imidazole rings is 1. The molecule has 0 unspecified atom stereocenters. The van der Waals surface area contributed by atoms with Gasteiger partial charge in [-0.2, -0.15) is 28.2 Å². The molecule has 2 aromatic carbocycles. The van der Waals surface area contributed by atoms with Gasteiger partial charge in [0.1, 0.15) is 11.6 Å². The minimum absolute atomic E-state index is 0.207. The molecule has 0 aliphatic carbocycles. The van der Waals surface area contributed by atoms with Crippen molar-refractivity contribution in [1.82, 2.24) is 29.3 Å². The topological polar surface area (TPSA) is 106 Å². The molecule has 5 rings (SSSR count). The zero-order valence-corrected chi connectivity index (χ0v) is 19.7. The van der Waals surface area contributed by atoms with E-state index in [0.717, 1.165) is 17.7 Å². The number of phenols is 1. The average molecular weight is 509 g/mol. The van der Waals surface area contributed by atoms with E-state index in [0.29, 0.717) is 47.3 Å². The Bertz CT molecular complexity index is 1510. The van der Waals surface area contributed by atoms with Gasteiger partial charge in [-0.05, 0) is 41.8 Å². The molecule has 0 aliphatic rings. The number of aromatic nitrogens is 6. The van der Waals surface area contributed by atoms with E-state index >= 15 is 0 Å². The van der Waals surface area contributed by atoms with E-state index in [1.54, 1.807) is 47.0 Å². The molecule has 3 aromatic heterocycles. The van der Waals surface area contributed by atoms with Gasteiger partial charge in [-0.3, -0.25) is 4.68 Å². The summed E-state index contributed by atoms with van der Waals surface area (Å²) in [6, 6.07) is 13.8. The van der Waals surface area contributed by atoms with Crippen LogP contribution in [0.1, 0.15) is 16.7 Å². The standard InChI is InChI=1S/C25H23F3N8O/c1-35-20(11-13-31-35)32-24-33-22(29-12-10-16-4-8-19(37)9-5-16)21-23(34-24)36(15-30-21)14-17-2-6-18(7-3-17)25(26,27)28/h2-9,11,13,15,37H,10,12,14H2,1H3,(H2,29,32,33,34). The smallest absolute Gasteiger partial charge is 0.416 e. The van der Waals surface area contributed by atoms with Crippen LogP contribution >= 0.6 is 0 Å². The number of fused-ring (bicyclic) bond motifs is 1. The van der Waals surface area contributed by atoms with E-state index in [2.05, 4.69) is 30.7 Å². The zero-order valence-electron chi connectivity index (χ0n) is 19.7. The maximum Gasteiger partial charge on any atom is 0.416 e. The molecule has 0 aliphatic heterocycles. The summed E-state index contributed by atoms with van der Waals surface area (Å²) in [5.74, 6) is 1.72. The first-order valence-corrected chi connectivity index (χ1v) is 11.4. The Balaban J connectivity index is 1.43. The molecule has 0 saturated heterocycles. The predicted octanol–water partition coefficient (Wildman–Crippen LogP) is 4.73. The number of hydrogen-bond donors (Lipinski definition) is 3. The maximum absolute atomic E-state index is 12.9. The SMILES string of the molecule is Cn1nccc1Nc1nc(NCCc2ccc(O)cc2)c2ncn(Cc3ccc(C(F)(F)F)cc3)c2n1. The van der Waals surface area contributed by atoms with Crippen molar-refractivity contribution in [3.63, 3.8) is 0 Å². The fourth-order valence-corrected chi connectivity index (χ4v) is 3.83. The molecular formula is C25H23F3N8O. The minimum atomic E-state index is -4.39. The Morgan fingerprint density at radius 1 is 0.946 bits per heavy atom. The molecule has 190 valence electrons. The number of hydrogen-bond acceptors (Lipinski definition) is 7. The molecule has 0 saturated carbocycles. The number of nitrogens with one attached hydrogen (secondary N) is 2. The first-order valence-electron chi connectivity index (χ1n) is 11.4. The molecule has 0 amide bonds. The highest BCUT2D eigenvalue weighted by Gasteiger charge is 2.30. The van der Waals surface area contributed by atoms with E-state index in [-0.39, 0.29) is 12.3 Å². The number of phenolic OH excluding ortho intramolecular Hbond substituents is 1. The summed E-state index contributed by atoms with van der Waals surface area (Å²) in [6.45, 7) is 0.831. The van der Waals surface area contributed by atoms with E-state index in [9.17, 15) is 18.3 Å². The van der Waals surface area contributed by atoms with Gasteiger partial charge >= 0.3 is 6.18 Å². The predicted molar refractivity (Wildman–Crippen MR) is 133 cm³/mol. The third-order valence-corrected chi connectivity index (χ3v) is 5.80. The van der Waals surface area contributed by atoms with E-state index in [1.807, 2.05) is 12.1 Å². The van der Waals surface area contributed by atoms with Crippen molar-refractivity contribution in [2.45, 2.75) is 19.1 Å². The minimum Gasteiger partial charge on any atom is -0.508 e. The molecule has 0 bridgehead atoms. The van der Waals surface area contributed by atoms with Gasteiger partial charge in [0.2, 0.25) is 5.95 Å². The van der Waals surface area contributed by atoms with Gasteiger partial charge in [-0.15, -0.1) is 0 Å². The van der Waals surface area contributed by atoms with Crippen LogP contribution in [0.5, 0.6) is 5.75 Å². The van der Waals surface area contributed by atoms with Crippen LogP contribution in [0.2, 0.25) is 0 Å². The van der Waals surface area contributed by atoms with Gasteiger partial charge in [0.25, 0.3) is 0 Å². The average Bonchev–Trinajstić information content (AvgIpc) is 3.46. The Labute approximate surface area is 209 Å². The zero-order chi connectivity index (χ0) is 26.0.